The highest BCUT2D eigenvalue weighted by Crippen LogP contribution is 2.21. The Morgan fingerprint density at radius 3 is 2.67 bits per heavy atom. The van der Waals surface area contributed by atoms with Gasteiger partial charge in [-0.3, -0.25) is 4.79 Å². The monoisotopic (exact) mass is 362 g/mol. The van der Waals surface area contributed by atoms with Crippen LogP contribution in [0.15, 0.2) is 48.5 Å². The van der Waals surface area contributed by atoms with Gasteiger partial charge in [-0.25, -0.2) is 4.98 Å². The minimum absolute atomic E-state index is 0.0171. The van der Waals surface area contributed by atoms with Crippen LogP contribution >= 0.6 is 0 Å². The van der Waals surface area contributed by atoms with Crippen LogP contribution in [0.1, 0.15) is 41.5 Å². The number of nitrogens with zero attached hydrogens (tertiary/aromatic N) is 2. The SMILES string of the molecule is Cn1c(Cc2ccccc2)nc2cc(C(=O)NC3(C)CCNCC3)ccc21. The fourth-order valence-corrected chi connectivity index (χ4v) is 3.78. The number of hydrogen-bond acceptors (Lipinski definition) is 3. The maximum atomic E-state index is 12.8. The van der Waals surface area contributed by atoms with Gasteiger partial charge in [0.15, 0.2) is 0 Å². The molecule has 0 aliphatic carbocycles. The predicted molar refractivity (Wildman–Crippen MR) is 108 cm³/mol. The first-order valence-corrected chi connectivity index (χ1v) is 9.57. The molecule has 0 spiro atoms. The number of aromatic nitrogens is 2. The lowest BCUT2D eigenvalue weighted by Crippen LogP contribution is -2.52. The largest absolute Gasteiger partial charge is 0.347 e. The van der Waals surface area contributed by atoms with Crippen molar-refractivity contribution in [1.82, 2.24) is 20.2 Å². The molecule has 1 fully saturated rings. The lowest BCUT2D eigenvalue weighted by Gasteiger charge is -2.35. The van der Waals surface area contributed by atoms with Gasteiger partial charge in [-0.2, -0.15) is 0 Å². The third-order valence-electron chi connectivity index (χ3n) is 5.56. The third-order valence-corrected chi connectivity index (χ3v) is 5.56. The van der Waals surface area contributed by atoms with Crippen molar-refractivity contribution >= 4 is 16.9 Å². The molecule has 5 heteroatoms. The van der Waals surface area contributed by atoms with Gasteiger partial charge in [0.2, 0.25) is 0 Å². The minimum atomic E-state index is -0.139. The molecule has 1 aliphatic heterocycles. The number of hydrogen-bond donors (Lipinski definition) is 2. The van der Waals surface area contributed by atoms with Gasteiger partial charge in [0, 0.05) is 24.6 Å². The zero-order valence-corrected chi connectivity index (χ0v) is 16.0. The number of piperidine rings is 1. The molecule has 1 saturated heterocycles. The number of fused-ring (bicyclic) bond motifs is 1. The van der Waals surface area contributed by atoms with E-state index < -0.39 is 0 Å². The molecule has 1 aliphatic rings. The molecule has 27 heavy (non-hydrogen) atoms. The molecular weight excluding hydrogens is 336 g/mol. The molecule has 5 nitrogen and oxygen atoms in total. The minimum Gasteiger partial charge on any atom is -0.347 e. The lowest BCUT2D eigenvalue weighted by atomic mass is 9.90. The van der Waals surface area contributed by atoms with Crippen molar-refractivity contribution in [1.29, 1.82) is 0 Å². The molecular formula is C22H26N4O. The van der Waals surface area contributed by atoms with Crippen LogP contribution in [0.3, 0.4) is 0 Å². The van der Waals surface area contributed by atoms with E-state index >= 15 is 0 Å². The molecule has 0 radical (unpaired) electrons. The van der Waals surface area contributed by atoms with Crippen LogP contribution in [0.25, 0.3) is 11.0 Å². The second-order valence-corrected chi connectivity index (χ2v) is 7.72. The summed E-state index contributed by atoms with van der Waals surface area (Å²) in [6.07, 6.45) is 2.68. The summed E-state index contributed by atoms with van der Waals surface area (Å²) in [6, 6.07) is 16.1. The van der Waals surface area contributed by atoms with Crippen molar-refractivity contribution in [2.24, 2.45) is 7.05 Å². The molecule has 2 heterocycles. The Morgan fingerprint density at radius 2 is 1.93 bits per heavy atom. The zero-order chi connectivity index (χ0) is 18.9. The molecule has 0 saturated carbocycles. The van der Waals surface area contributed by atoms with Crippen molar-refractivity contribution < 1.29 is 4.79 Å². The van der Waals surface area contributed by atoms with E-state index in [1.807, 2.05) is 43.4 Å². The Hall–Kier alpha value is -2.66. The highest BCUT2D eigenvalue weighted by molar-refractivity contribution is 5.97. The van der Waals surface area contributed by atoms with E-state index in [4.69, 9.17) is 4.98 Å². The van der Waals surface area contributed by atoms with Crippen LogP contribution in [0, 0.1) is 0 Å². The van der Waals surface area contributed by atoms with Crippen molar-refractivity contribution in [3.63, 3.8) is 0 Å². The Balaban J connectivity index is 1.57. The third kappa shape index (κ3) is 3.74. The van der Waals surface area contributed by atoms with Crippen molar-refractivity contribution in [3.8, 4) is 0 Å². The average molecular weight is 362 g/mol. The first-order chi connectivity index (χ1) is 13.0. The number of aryl methyl sites for hydroxylation is 1. The summed E-state index contributed by atoms with van der Waals surface area (Å²) >= 11 is 0. The summed E-state index contributed by atoms with van der Waals surface area (Å²) in [4.78, 5) is 17.6. The number of rotatable bonds is 4. The average Bonchev–Trinajstić information content (AvgIpc) is 2.98. The molecule has 140 valence electrons. The molecule has 2 N–H and O–H groups in total. The highest BCUT2D eigenvalue weighted by Gasteiger charge is 2.28. The van der Waals surface area contributed by atoms with Gasteiger partial charge >= 0.3 is 0 Å². The van der Waals surface area contributed by atoms with Gasteiger partial charge in [-0.15, -0.1) is 0 Å². The number of benzene rings is 2. The first kappa shape index (κ1) is 17.7. The molecule has 0 atom stereocenters. The van der Waals surface area contributed by atoms with Gasteiger partial charge in [0.25, 0.3) is 5.91 Å². The fourth-order valence-electron chi connectivity index (χ4n) is 3.78. The second-order valence-electron chi connectivity index (χ2n) is 7.72. The maximum Gasteiger partial charge on any atom is 0.251 e. The van der Waals surface area contributed by atoms with Crippen LogP contribution < -0.4 is 10.6 Å². The molecule has 2 aromatic carbocycles. The van der Waals surface area contributed by atoms with E-state index in [-0.39, 0.29) is 11.4 Å². The second kappa shape index (κ2) is 7.16. The zero-order valence-electron chi connectivity index (χ0n) is 16.0. The smallest absolute Gasteiger partial charge is 0.251 e. The normalized spacial score (nSPS) is 16.4. The Kier molecular flexibility index (Phi) is 4.70. The standard InChI is InChI=1S/C22H26N4O/c1-22(10-12-23-13-11-22)25-21(27)17-8-9-19-18(15-17)24-20(26(19)2)14-16-6-4-3-5-7-16/h3-9,15,23H,10-14H2,1-2H3,(H,25,27). The molecule has 0 unspecified atom stereocenters. The molecule has 3 aromatic rings. The Morgan fingerprint density at radius 1 is 1.19 bits per heavy atom. The van der Waals surface area contributed by atoms with Crippen LogP contribution in [0.4, 0.5) is 0 Å². The van der Waals surface area contributed by atoms with E-state index in [1.165, 1.54) is 5.56 Å². The molecule has 4 rings (SSSR count). The maximum absolute atomic E-state index is 12.8. The fraction of sp³-hybridized carbons (Fsp3) is 0.364. The summed E-state index contributed by atoms with van der Waals surface area (Å²) < 4.78 is 2.11. The number of nitrogens with one attached hydrogen (secondary N) is 2. The van der Waals surface area contributed by atoms with Gasteiger partial charge in [-0.1, -0.05) is 30.3 Å². The van der Waals surface area contributed by atoms with Gasteiger partial charge in [-0.05, 0) is 56.6 Å². The van der Waals surface area contributed by atoms with E-state index in [1.54, 1.807) is 0 Å². The lowest BCUT2D eigenvalue weighted by molar-refractivity contribution is 0.0887. The topological polar surface area (TPSA) is 59.0 Å². The summed E-state index contributed by atoms with van der Waals surface area (Å²) in [5.74, 6) is 0.982. The number of amides is 1. The number of imidazole rings is 1. The highest BCUT2D eigenvalue weighted by atomic mass is 16.1. The predicted octanol–water partition coefficient (Wildman–Crippen LogP) is 3.04. The summed E-state index contributed by atoms with van der Waals surface area (Å²) in [7, 11) is 2.03. The van der Waals surface area contributed by atoms with Crippen molar-refractivity contribution in [2.45, 2.75) is 31.7 Å². The quantitative estimate of drug-likeness (QED) is 0.750. The Labute approximate surface area is 159 Å². The van der Waals surface area contributed by atoms with Crippen molar-refractivity contribution in [2.75, 3.05) is 13.1 Å². The van der Waals surface area contributed by atoms with Crippen LogP contribution in [-0.2, 0) is 13.5 Å². The number of carbonyl (C=O) groups excluding carboxylic acids is 1. The van der Waals surface area contributed by atoms with E-state index in [9.17, 15) is 4.79 Å². The summed E-state index contributed by atoms with van der Waals surface area (Å²) in [5.41, 5.74) is 3.68. The summed E-state index contributed by atoms with van der Waals surface area (Å²) in [6.45, 7) is 4.01. The first-order valence-electron chi connectivity index (χ1n) is 9.57. The van der Waals surface area contributed by atoms with E-state index in [0.717, 1.165) is 49.2 Å². The number of carbonyl (C=O) groups is 1. The van der Waals surface area contributed by atoms with E-state index in [2.05, 4.69) is 34.3 Å². The van der Waals surface area contributed by atoms with E-state index in [0.29, 0.717) is 5.56 Å². The van der Waals surface area contributed by atoms with Gasteiger partial charge in [0.05, 0.1) is 11.0 Å². The molecule has 1 amide bonds. The molecule has 1 aromatic heterocycles. The Bertz CT molecular complexity index is 955. The van der Waals surface area contributed by atoms with Gasteiger partial charge in [0.1, 0.15) is 5.82 Å². The van der Waals surface area contributed by atoms with Gasteiger partial charge < -0.3 is 15.2 Å². The van der Waals surface area contributed by atoms with Crippen LogP contribution in [-0.4, -0.2) is 34.1 Å². The van der Waals surface area contributed by atoms with Crippen LogP contribution in [0.2, 0.25) is 0 Å². The summed E-state index contributed by atoms with van der Waals surface area (Å²) in [5, 5.41) is 6.57. The van der Waals surface area contributed by atoms with Crippen molar-refractivity contribution in [3.05, 3.63) is 65.5 Å². The molecule has 0 bridgehead atoms. The van der Waals surface area contributed by atoms with Crippen LogP contribution in [0.5, 0.6) is 0 Å².